The molecule has 2 aromatic carbocycles. The first-order chi connectivity index (χ1) is 9.53. The summed E-state index contributed by atoms with van der Waals surface area (Å²) in [6.45, 7) is 2.57. The molecule has 0 aliphatic heterocycles. The molecule has 2 N–H and O–H groups in total. The Morgan fingerprint density at radius 3 is 2.00 bits per heavy atom. The second-order valence-electron chi connectivity index (χ2n) is 5.21. The highest BCUT2D eigenvalue weighted by atomic mass is 19.1. The Balaban J connectivity index is 2.19. The van der Waals surface area contributed by atoms with Crippen molar-refractivity contribution in [3.63, 3.8) is 0 Å². The molecule has 0 spiro atoms. The molecular weight excluding hydrogens is 253 g/mol. The lowest BCUT2D eigenvalue weighted by molar-refractivity contribution is 0.0485. The van der Waals surface area contributed by atoms with Gasteiger partial charge < -0.3 is 10.4 Å². The lowest BCUT2D eigenvalue weighted by Crippen LogP contribution is -2.26. The average Bonchev–Trinajstić information content (AvgIpc) is 2.46. The van der Waals surface area contributed by atoms with E-state index in [0.717, 1.165) is 23.2 Å². The Kier molecular flexibility index (Phi) is 4.53. The molecule has 0 saturated heterocycles. The summed E-state index contributed by atoms with van der Waals surface area (Å²) in [5, 5.41) is 13.5. The molecule has 0 aromatic heterocycles. The van der Waals surface area contributed by atoms with E-state index >= 15 is 0 Å². The fraction of sp³-hybridized carbons (Fsp3) is 0.294. The number of aliphatic hydroxyl groups is 1. The van der Waals surface area contributed by atoms with E-state index in [4.69, 9.17) is 0 Å². The van der Waals surface area contributed by atoms with Gasteiger partial charge in [-0.1, -0.05) is 36.4 Å². The van der Waals surface area contributed by atoms with Crippen molar-refractivity contribution in [1.29, 1.82) is 0 Å². The molecule has 2 nitrogen and oxygen atoms in total. The maximum Gasteiger partial charge on any atom is 0.123 e. The van der Waals surface area contributed by atoms with Gasteiger partial charge in [0, 0.05) is 0 Å². The molecule has 106 valence electrons. The zero-order valence-electron chi connectivity index (χ0n) is 11.9. The predicted molar refractivity (Wildman–Crippen MR) is 80.0 cm³/mol. The van der Waals surface area contributed by atoms with Gasteiger partial charge in [0.05, 0.1) is 5.60 Å². The quantitative estimate of drug-likeness (QED) is 0.876. The van der Waals surface area contributed by atoms with E-state index < -0.39 is 5.60 Å². The number of benzene rings is 2. The highest BCUT2D eigenvalue weighted by Gasteiger charge is 2.21. The molecule has 1 unspecified atom stereocenters. The molecule has 0 aliphatic rings. The van der Waals surface area contributed by atoms with Crippen LogP contribution in [0, 0.1) is 5.82 Å². The highest BCUT2D eigenvalue weighted by Crippen LogP contribution is 2.27. The number of nitrogens with one attached hydrogen (secondary N) is 1. The maximum atomic E-state index is 12.9. The smallest absolute Gasteiger partial charge is 0.123 e. The lowest BCUT2D eigenvalue weighted by Gasteiger charge is -2.24. The van der Waals surface area contributed by atoms with E-state index in [-0.39, 0.29) is 5.82 Å². The maximum absolute atomic E-state index is 12.9. The van der Waals surface area contributed by atoms with Crippen LogP contribution in [0.5, 0.6) is 0 Å². The van der Waals surface area contributed by atoms with Crippen LogP contribution in [0.3, 0.4) is 0 Å². The van der Waals surface area contributed by atoms with E-state index in [2.05, 4.69) is 5.32 Å². The standard InChI is InChI=1S/C17H20FNO/c1-17(20,11-12-19-2)15-7-3-13(4-8-15)14-5-9-16(18)10-6-14/h3-10,19-20H,11-12H2,1-2H3. The number of hydrogen-bond donors (Lipinski definition) is 2. The van der Waals surface area contributed by atoms with Gasteiger partial charge in [-0.15, -0.1) is 0 Å². The normalized spacial score (nSPS) is 14.0. The Morgan fingerprint density at radius 1 is 1.00 bits per heavy atom. The zero-order chi connectivity index (χ0) is 14.6. The Bertz CT molecular complexity index is 546. The van der Waals surface area contributed by atoms with Crippen molar-refractivity contribution in [3.05, 3.63) is 59.9 Å². The molecule has 0 radical (unpaired) electrons. The molecule has 2 aromatic rings. The Labute approximate surface area is 119 Å². The fourth-order valence-corrected chi connectivity index (χ4v) is 2.18. The van der Waals surface area contributed by atoms with Crippen molar-refractivity contribution in [2.75, 3.05) is 13.6 Å². The molecule has 0 bridgehead atoms. The van der Waals surface area contributed by atoms with Crippen molar-refractivity contribution in [2.45, 2.75) is 18.9 Å². The summed E-state index contributed by atoms with van der Waals surface area (Å²) in [6.07, 6.45) is 0.652. The zero-order valence-corrected chi connectivity index (χ0v) is 11.9. The van der Waals surface area contributed by atoms with E-state index in [9.17, 15) is 9.50 Å². The molecular formula is C17H20FNO. The molecule has 1 atom stereocenters. The summed E-state index contributed by atoms with van der Waals surface area (Å²) < 4.78 is 12.9. The van der Waals surface area contributed by atoms with Crippen molar-refractivity contribution in [2.24, 2.45) is 0 Å². The largest absolute Gasteiger partial charge is 0.385 e. The Morgan fingerprint density at radius 2 is 1.50 bits per heavy atom. The average molecular weight is 273 g/mol. The summed E-state index contributed by atoms with van der Waals surface area (Å²) in [5.74, 6) is -0.236. The molecule has 0 fully saturated rings. The number of hydrogen-bond acceptors (Lipinski definition) is 2. The van der Waals surface area contributed by atoms with Crippen molar-refractivity contribution < 1.29 is 9.50 Å². The van der Waals surface area contributed by atoms with Crippen molar-refractivity contribution in [1.82, 2.24) is 5.32 Å². The predicted octanol–water partition coefficient (Wildman–Crippen LogP) is 3.31. The second kappa shape index (κ2) is 6.16. The minimum Gasteiger partial charge on any atom is -0.385 e. The summed E-state index contributed by atoms with van der Waals surface area (Å²) in [4.78, 5) is 0. The van der Waals surface area contributed by atoms with Crippen LogP contribution in [-0.4, -0.2) is 18.7 Å². The summed E-state index contributed by atoms with van der Waals surface area (Å²) in [5.41, 5.74) is 2.02. The summed E-state index contributed by atoms with van der Waals surface area (Å²) in [7, 11) is 1.87. The first kappa shape index (κ1) is 14.7. The van der Waals surface area contributed by atoms with Gasteiger partial charge in [0.1, 0.15) is 5.82 Å². The van der Waals surface area contributed by atoms with Crippen LogP contribution in [0.25, 0.3) is 11.1 Å². The second-order valence-corrected chi connectivity index (χ2v) is 5.21. The van der Waals surface area contributed by atoms with E-state index in [0.29, 0.717) is 6.42 Å². The topological polar surface area (TPSA) is 32.3 Å². The van der Waals surface area contributed by atoms with Crippen LogP contribution in [-0.2, 0) is 5.60 Å². The molecule has 3 heteroatoms. The van der Waals surface area contributed by atoms with Crippen molar-refractivity contribution >= 4 is 0 Å². The van der Waals surface area contributed by atoms with Crippen LogP contribution in [0.1, 0.15) is 18.9 Å². The molecule has 20 heavy (non-hydrogen) atoms. The first-order valence-electron chi connectivity index (χ1n) is 6.76. The third kappa shape index (κ3) is 3.44. The third-order valence-electron chi connectivity index (χ3n) is 3.55. The van der Waals surface area contributed by atoms with Gasteiger partial charge >= 0.3 is 0 Å². The van der Waals surface area contributed by atoms with Crippen LogP contribution >= 0.6 is 0 Å². The SMILES string of the molecule is CNCCC(C)(O)c1ccc(-c2ccc(F)cc2)cc1. The van der Waals surface area contributed by atoms with Gasteiger partial charge in [-0.2, -0.15) is 0 Å². The highest BCUT2D eigenvalue weighted by molar-refractivity contribution is 5.63. The van der Waals surface area contributed by atoms with Crippen LogP contribution in [0.4, 0.5) is 4.39 Å². The van der Waals surface area contributed by atoms with Crippen LogP contribution < -0.4 is 5.32 Å². The molecule has 0 aliphatic carbocycles. The van der Waals surface area contributed by atoms with E-state index in [1.54, 1.807) is 12.1 Å². The van der Waals surface area contributed by atoms with Gasteiger partial charge in [0.2, 0.25) is 0 Å². The van der Waals surface area contributed by atoms with Gasteiger partial charge in [-0.25, -0.2) is 4.39 Å². The van der Waals surface area contributed by atoms with Gasteiger partial charge in [0.15, 0.2) is 0 Å². The van der Waals surface area contributed by atoms with E-state index in [1.165, 1.54) is 12.1 Å². The van der Waals surface area contributed by atoms with Gasteiger partial charge in [0.25, 0.3) is 0 Å². The third-order valence-corrected chi connectivity index (χ3v) is 3.55. The molecule has 0 amide bonds. The number of rotatable bonds is 5. The van der Waals surface area contributed by atoms with E-state index in [1.807, 2.05) is 38.2 Å². The summed E-state index contributed by atoms with van der Waals surface area (Å²) in [6, 6.07) is 14.2. The monoisotopic (exact) mass is 273 g/mol. The number of halogens is 1. The minimum atomic E-state index is -0.843. The summed E-state index contributed by atoms with van der Waals surface area (Å²) >= 11 is 0. The van der Waals surface area contributed by atoms with Gasteiger partial charge in [-0.05, 0) is 55.8 Å². The fourth-order valence-electron chi connectivity index (χ4n) is 2.18. The van der Waals surface area contributed by atoms with Crippen molar-refractivity contribution in [3.8, 4) is 11.1 Å². The van der Waals surface area contributed by atoms with Gasteiger partial charge in [-0.3, -0.25) is 0 Å². The van der Waals surface area contributed by atoms with Crippen LogP contribution in [0.15, 0.2) is 48.5 Å². The molecule has 2 rings (SSSR count). The molecule has 0 heterocycles. The first-order valence-corrected chi connectivity index (χ1v) is 6.76. The van der Waals surface area contributed by atoms with Crippen LogP contribution in [0.2, 0.25) is 0 Å². The molecule has 0 saturated carbocycles. The minimum absolute atomic E-state index is 0.236. The lowest BCUT2D eigenvalue weighted by atomic mass is 9.91. The Hall–Kier alpha value is -1.71.